The van der Waals surface area contributed by atoms with Gasteiger partial charge in [-0.2, -0.15) is 0 Å². The van der Waals surface area contributed by atoms with E-state index < -0.39 is 6.10 Å². The molecule has 0 heterocycles. The molecule has 0 aliphatic carbocycles. The smallest absolute Gasteiger partial charge is 0.306 e. The first-order valence-corrected chi connectivity index (χ1v) is 31.8. The largest absolute Gasteiger partial charge is 0.462 e. The van der Waals surface area contributed by atoms with Crippen LogP contribution in [0, 0.1) is 11.8 Å². The van der Waals surface area contributed by atoms with E-state index in [0.29, 0.717) is 19.3 Å². The molecule has 416 valence electrons. The lowest BCUT2D eigenvalue weighted by Gasteiger charge is -2.18. The predicted octanol–water partition coefficient (Wildman–Crippen LogP) is 21.2. The fraction of sp³-hybridized carbons (Fsp3) is 0.953. The van der Waals surface area contributed by atoms with Crippen LogP contribution in [0.25, 0.3) is 0 Å². The Balaban J connectivity index is 4.25. The standard InChI is InChI=1S/C64H124O6/c1-6-8-9-10-11-12-13-14-24-29-34-39-44-49-54-62(65)68-57-61(70-64(67)56-51-46-41-36-31-26-21-22-27-32-37-42-47-52-59(3)4)58-69-63(66)55-50-45-40-35-30-25-20-18-16-15-17-19-23-28-33-38-43-48-53-60(5)7-2/h59-61H,6-58H2,1-5H3/t60?,61-/m1/s1. The minimum Gasteiger partial charge on any atom is -0.462 e. The molecule has 0 aromatic carbocycles. The predicted molar refractivity (Wildman–Crippen MR) is 303 cm³/mol. The van der Waals surface area contributed by atoms with Crippen molar-refractivity contribution in [1.82, 2.24) is 0 Å². The van der Waals surface area contributed by atoms with Crippen molar-refractivity contribution in [2.45, 2.75) is 368 Å². The summed E-state index contributed by atoms with van der Waals surface area (Å²) >= 11 is 0. The minimum atomic E-state index is -0.763. The zero-order valence-corrected chi connectivity index (χ0v) is 48.2. The van der Waals surface area contributed by atoms with Gasteiger partial charge in [0.2, 0.25) is 0 Å². The second-order valence-corrected chi connectivity index (χ2v) is 22.8. The number of carbonyl (C=O) groups is 3. The Hall–Kier alpha value is -1.59. The van der Waals surface area contributed by atoms with Crippen LogP contribution in [0.5, 0.6) is 0 Å². The maximum Gasteiger partial charge on any atom is 0.306 e. The lowest BCUT2D eigenvalue weighted by atomic mass is 9.99. The summed E-state index contributed by atoms with van der Waals surface area (Å²) in [5, 5.41) is 0. The molecule has 0 radical (unpaired) electrons. The number of hydrogen-bond acceptors (Lipinski definition) is 6. The zero-order valence-electron chi connectivity index (χ0n) is 48.2. The first-order chi connectivity index (χ1) is 34.3. The molecule has 70 heavy (non-hydrogen) atoms. The van der Waals surface area contributed by atoms with E-state index >= 15 is 0 Å². The van der Waals surface area contributed by atoms with E-state index in [1.807, 2.05) is 0 Å². The highest BCUT2D eigenvalue weighted by Crippen LogP contribution is 2.19. The van der Waals surface area contributed by atoms with E-state index in [9.17, 15) is 14.4 Å². The molecule has 0 saturated heterocycles. The number of ether oxygens (including phenoxy) is 3. The van der Waals surface area contributed by atoms with Gasteiger partial charge in [0.1, 0.15) is 13.2 Å². The van der Waals surface area contributed by atoms with Crippen LogP contribution in [0.2, 0.25) is 0 Å². The first-order valence-electron chi connectivity index (χ1n) is 31.8. The number of rotatable bonds is 58. The number of carbonyl (C=O) groups excluding carboxylic acids is 3. The Morgan fingerprint density at radius 3 is 0.814 bits per heavy atom. The summed E-state index contributed by atoms with van der Waals surface area (Å²) in [6.07, 6.45) is 62.4. The SMILES string of the molecule is CCCCCCCCCCCCCCCCC(=O)OC[C@H](COC(=O)CCCCCCCCCCCCCCCCCCCCC(C)CC)OC(=O)CCCCCCCCCCCCCCCC(C)C. The van der Waals surface area contributed by atoms with E-state index in [4.69, 9.17) is 14.2 Å². The summed E-state index contributed by atoms with van der Waals surface area (Å²) in [7, 11) is 0. The van der Waals surface area contributed by atoms with Crippen LogP contribution < -0.4 is 0 Å². The minimum absolute atomic E-state index is 0.0619. The van der Waals surface area contributed by atoms with Gasteiger partial charge in [-0.25, -0.2) is 0 Å². The Morgan fingerprint density at radius 2 is 0.543 bits per heavy atom. The summed E-state index contributed by atoms with van der Waals surface area (Å²) in [6.45, 7) is 11.5. The van der Waals surface area contributed by atoms with Gasteiger partial charge in [-0.3, -0.25) is 14.4 Å². The molecule has 0 amide bonds. The Labute approximate surface area is 438 Å². The monoisotopic (exact) mass is 989 g/mol. The molecule has 0 bridgehead atoms. The van der Waals surface area contributed by atoms with Crippen LogP contribution in [0.3, 0.4) is 0 Å². The van der Waals surface area contributed by atoms with Crippen LogP contribution in [0.1, 0.15) is 362 Å². The van der Waals surface area contributed by atoms with E-state index in [0.717, 1.165) is 69.6 Å². The van der Waals surface area contributed by atoms with Crippen molar-refractivity contribution in [1.29, 1.82) is 0 Å². The van der Waals surface area contributed by atoms with Gasteiger partial charge in [-0.15, -0.1) is 0 Å². The molecule has 0 saturated carbocycles. The van der Waals surface area contributed by atoms with Gasteiger partial charge in [0.05, 0.1) is 0 Å². The molecule has 0 aliphatic heterocycles. The number of esters is 3. The maximum atomic E-state index is 12.9. The Kier molecular flexibility index (Phi) is 55.4. The van der Waals surface area contributed by atoms with Gasteiger partial charge >= 0.3 is 17.9 Å². The lowest BCUT2D eigenvalue weighted by molar-refractivity contribution is -0.167. The summed E-state index contributed by atoms with van der Waals surface area (Å²) in [6, 6.07) is 0. The first kappa shape index (κ1) is 68.4. The van der Waals surface area contributed by atoms with Crippen molar-refractivity contribution < 1.29 is 28.6 Å². The molecular weight excluding hydrogens is 865 g/mol. The molecule has 0 rings (SSSR count). The lowest BCUT2D eigenvalue weighted by Crippen LogP contribution is -2.30. The summed E-state index contributed by atoms with van der Waals surface area (Å²) in [4.78, 5) is 38.3. The summed E-state index contributed by atoms with van der Waals surface area (Å²) in [5.74, 6) is 0.916. The van der Waals surface area contributed by atoms with Crippen LogP contribution in [0.4, 0.5) is 0 Å². The highest BCUT2D eigenvalue weighted by atomic mass is 16.6. The highest BCUT2D eigenvalue weighted by molar-refractivity contribution is 5.71. The second-order valence-electron chi connectivity index (χ2n) is 22.8. The fourth-order valence-electron chi connectivity index (χ4n) is 9.90. The van der Waals surface area contributed by atoms with Crippen molar-refractivity contribution in [3.63, 3.8) is 0 Å². The molecule has 6 nitrogen and oxygen atoms in total. The Morgan fingerprint density at radius 1 is 0.300 bits per heavy atom. The average molecular weight is 990 g/mol. The Bertz CT molecular complexity index is 1070. The van der Waals surface area contributed by atoms with Crippen molar-refractivity contribution in [2.75, 3.05) is 13.2 Å². The quantitative estimate of drug-likeness (QED) is 0.0343. The van der Waals surface area contributed by atoms with Gasteiger partial charge in [-0.05, 0) is 31.1 Å². The van der Waals surface area contributed by atoms with E-state index in [1.54, 1.807) is 0 Å². The molecule has 0 spiro atoms. The zero-order chi connectivity index (χ0) is 51.1. The van der Waals surface area contributed by atoms with Crippen LogP contribution in [-0.2, 0) is 28.6 Å². The topological polar surface area (TPSA) is 78.9 Å². The molecule has 0 aromatic rings. The van der Waals surface area contributed by atoms with E-state index in [-0.39, 0.29) is 31.1 Å². The maximum absolute atomic E-state index is 12.9. The van der Waals surface area contributed by atoms with Gasteiger partial charge in [0.25, 0.3) is 0 Å². The molecule has 0 N–H and O–H groups in total. The normalized spacial score (nSPS) is 12.4. The highest BCUT2D eigenvalue weighted by Gasteiger charge is 2.19. The van der Waals surface area contributed by atoms with Gasteiger partial charge in [0, 0.05) is 19.3 Å². The molecule has 0 fully saturated rings. The molecule has 1 unspecified atom stereocenters. The fourth-order valence-corrected chi connectivity index (χ4v) is 9.90. The van der Waals surface area contributed by atoms with Crippen LogP contribution in [-0.4, -0.2) is 37.2 Å². The van der Waals surface area contributed by atoms with Crippen LogP contribution in [0.15, 0.2) is 0 Å². The molecular formula is C64H124O6. The van der Waals surface area contributed by atoms with Crippen molar-refractivity contribution in [3.8, 4) is 0 Å². The summed E-state index contributed by atoms with van der Waals surface area (Å²) < 4.78 is 16.9. The van der Waals surface area contributed by atoms with Gasteiger partial charge in [-0.1, -0.05) is 324 Å². The van der Waals surface area contributed by atoms with E-state index in [2.05, 4.69) is 34.6 Å². The van der Waals surface area contributed by atoms with Gasteiger partial charge in [0.15, 0.2) is 6.10 Å². The third-order valence-corrected chi connectivity index (χ3v) is 15.1. The van der Waals surface area contributed by atoms with Crippen molar-refractivity contribution in [2.24, 2.45) is 11.8 Å². The van der Waals surface area contributed by atoms with Crippen LogP contribution >= 0.6 is 0 Å². The number of hydrogen-bond donors (Lipinski definition) is 0. The second kappa shape index (κ2) is 56.7. The van der Waals surface area contributed by atoms with Crippen molar-refractivity contribution >= 4 is 17.9 Å². The third kappa shape index (κ3) is 55.7. The van der Waals surface area contributed by atoms with Crippen molar-refractivity contribution in [3.05, 3.63) is 0 Å². The molecule has 6 heteroatoms. The van der Waals surface area contributed by atoms with Gasteiger partial charge < -0.3 is 14.2 Å². The third-order valence-electron chi connectivity index (χ3n) is 15.1. The van der Waals surface area contributed by atoms with E-state index in [1.165, 1.54) is 250 Å². The molecule has 0 aromatic heterocycles. The molecule has 2 atom stereocenters. The average Bonchev–Trinajstić information content (AvgIpc) is 3.35. The number of unbranched alkanes of at least 4 members (excludes halogenated alkanes) is 42. The molecule has 0 aliphatic rings. The summed E-state index contributed by atoms with van der Waals surface area (Å²) in [5.41, 5.74) is 0.